The minimum absolute atomic E-state index is 0.0499. The van der Waals surface area contributed by atoms with Crippen molar-refractivity contribution in [1.29, 1.82) is 0 Å². The van der Waals surface area contributed by atoms with Crippen molar-refractivity contribution in [2.75, 3.05) is 6.54 Å². The molecule has 1 aliphatic heterocycles. The highest BCUT2D eigenvalue weighted by Crippen LogP contribution is 2.44. The first kappa shape index (κ1) is 28.5. The number of carboxylic acid groups (broad SMARTS) is 2. The smallest absolute Gasteiger partial charge is 0.336 e. The average molecular weight is 555 g/mol. The van der Waals surface area contributed by atoms with Gasteiger partial charge >= 0.3 is 11.9 Å². The van der Waals surface area contributed by atoms with E-state index in [1.165, 1.54) is 42.5 Å². The summed E-state index contributed by atoms with van der Waals surface area (Å²) in [4.78, 5) is 47.9. The molecule has 1 atom stereocenters. The van der Waals surface area contributed by atoms with Crippen molar-refractivity contribution in [3.63, 3.8) is 0 Å². The fourth-order valence-electron chi connectivity index (χ4n) is 4.46. The molecule has 6 N–H and O–H groups in total. The van der Waals surface area contributed by atoms with Gasteiger partial charge in [0.2, 0.25) is 0 Å². The lowest BCUT2D eigenvalue weighted by molar-refractivity contribution is -0.104. The number of nitrogens with one attached hydrogen (secondary N) is 1. The first-order valence-corrected chi connectivity index (χ1v) is 12.4. The van der Waals surface area contributed by atoms with Crippen molar-refractivity contribution in [2.45, 2.75) is 12.6 Å². The number of allylic oxidation sites excluding steroid dienone is 1. The first-order valence-electron chi connectivity index (χ1n) is 12.4. The zero-order chi connectivity index (χ0) is 29.7. The van der Waals surface area contributed by atoms with Crippen molar-refractivity contribution in [3.05, 3.63) is 124 Å². The fraction of sp³-hybridized carbons (Fsp3) is 0.0968. The molecule has 1 aliphatic rings. The van der Waals surface area contributed by atoms with Crippen LogP contribution in [0.5, 0.6) is 11.5 Å². The molecule has 0 saturated carbocycles. The van der Waals surface area contributed by atoms with Crippen molar-refractivity contribution in [1.82, 2.24) is 5.32 Å². The Labute approximate surface area is 234 Å². The third-order valence-corrected chi connectivity index (χ3v) is 6.47. The summed E-state index contributed by atoms with van der Waals surface area (Å²) >= 11 is 0. The SMILES string of the molecule is C=C(CNC(=O)c1ccc(CN)cc1)C1Oc2cc(O)ccc2C(c2ccc(C(=O)O)cc2C(=O)O)=C1/C=C\C=O. The van der Waals surface area contributed by atoms with E-state index in [1.54, 1.807) is 24.3 Å². The van der Waals surface area contributed by atoms with Crippen molar-refractivity contribution in [2.24, 2.45) is 5.73 Å². The molecule has 10 heteroatoms. The predicted molar refractivity (Wildman–Crippen MR) is 150 cm³/mol. The molecule has 0 spiro atoms. The molecule has 0 radical (unpaired) electrons. The number of phenols is 1. The lowest BCUT2D eigenvalue weighted by atomic mass is 9.83. The van der Waals surface area contributed by atoms with Crippen LogP contribution in [-0.4, -0.2) is 52.1 Å². The molecule has 0 aromatic heterocycles. The maximum absolute atomic E-state index is 12.8. The maximum atomic E-state index is 12.8. The second-order valence-corrected chi connectivity index (χ2v) is 9.12. The number of hydrogen-bond donors (Lipinski definition) is 5. The van der Waals surface area contributed by atoms with Crippen LogP contribution in [-0.2, 0) is 11.3 Å². The van der Waals surface area contributed by atoms with E-state index >= 15 is 0 Å². The van der Waals surface area contributed by atoms with Gasteiger partial charge in [-0.05, 0) is 59.2 Å². The summed E-state index contributed by atoms with van der Waals surface area (Å²) in [6.07, 6.45) is 2.19. The van der Waals surface area contributed by atoms with Gasteiger partial charge in [0.25, 0.3) is 5.91 Å². The largest absolute Gasteiger partial charge is 0.508 e. The Bertz CT molecular complexity index is 1620. The number of fused-ring (bicyclic) bond motifs is 1. The van der Waals surface area contributed by atoms with Gasteiger partial charge in [-0.3, -0.25) is 9.59 Å². The van der Waals surface area contributed by atoms with E-state index in [1.807, 2.05) is 0 Å². The maximum Gasteiger partial charge on any atom is 0.336 e. The van der Waals surface area contributed by atoms with Crippen molar-refractivity contribution in [3.8, 4) is 11.5 Å². The minimum Gasteiger partial charge on any atom is -0.508 e. The van der Waals surface area contributed by atoms with Crippen LogP contribution < -0.4 is 15.8 Å². The number of aromatic carboxylic acids is 2. The summed E-state index contributed by atoms with van der Waals surface area (Å²) in [6.45, 7) is 4.37. The molecular formula is C31H26N2O8. The van der Waals surface area contributed by atoms with Crippen LogP contribution in [0.15, 0.2) is 90.5 Å². The van der Waals surface area contributed by atoms with Gasteiger partial charge in [0.05, 0.1) is 11.1 Å². The number of rotatable bonds is 10. The molecule has 0 bridgehead atoms. The Hall–Kier alpha value is -5.48. The number of hydrogen-bond acceptors (Lipinski definition) is 7. The van der Waals surface area contributed by atoms with Crippen molar-refractivity contribution < 1.29 is 39.2 Å². The molecule has 208 valence electrons. The van der Waals surface area contributed by atoms with E-state index in [0.717, 1.165) is 11.6 Å². The fourth-order valence-corrected chi connectivity index (χ4v) is 4.46. The number of nitrogens with two attached hydrogens (primary N) is 1. The second kappa shape index (κ2) is 12.1. The van der Waals surface area contributed by atoms with Gasteiger partial charge in [-0.25, -0.2) is 9.59 Å². The lowest BCUT2D eigenvalue weighted by Crippen LogP contribution is -2.34. The number of aldehydes is 1. The van der Waals surface area contributed by atoms with E-state index in [2.05, 4.69) is 11.9 Å². The summed E-state index contributed by atoms with van der Waals surface area (Å²) in [5.74, 6) is -2.98. The van der Waals surface area contributed by atoms with Crippen LogP contribution in [0.4, 0.5) is 0 Å². The Kier molecular flexibility index (Phi) is 8.45. The number of carbonyl (C=O) groups is 4. The average Bonchev–Trinajstić information content (AvgIpc) is 2.97. The van der Waals surface area contributed by atoms with E-state index in [4.69, 9.17) is 10.5 Å². The van der Waals surface area contributed by atoms with Gasteiger partial charge in [0.15, 0.2) is 0 Å². The normalized spacial score (nSPS) is 14.2. The Morgan fingerprint density at radius 1 is 0.951 bits per heavy atom. The molecule has 1 unspecified atom stereocenters. The highest BCUT2D eigenvalue weighted by molar-refractivity contribution is 6.02. The van der Waals surface area contributed by atoms with Gasteiger partial charge in [-0.15, -0.1) is 0 Å². The van der Waals surface area contributed by atoms with Gasteiger partial charge in [0.1, 0.15) is 23.9 Å². The third-order valence-electron chi connectivity index (χ3n) is 6.47. The molecular weight excluding hydrogens is 528 g/mol. The highest BCUT2D eigenvalue weighted by Gasteiger charge is 2.32. The van der Waals surface area contributed by atoms with E-state index in [0.29, 0.717) is 40.7 Å². The molecule has 41 heavy (non-hydrogen) atoms. The van der Waals surface area contributed by atoms with Crippen LogP contribution >= 0.6 is 0 Å². The lowest BCUT2D eigenvalue weighted by Gasteiger charge is -2.32. The van der Waals surface area contributed by atoms with E-state index in [9.17, 15) is 34.5 Å². The zero-order valence-electron chi connectivity index (χ0n) is 21.7. The number of aromatic hydroxyl groups is 1. The Morgan fingerprint density at radius 3 is 2.27 bits per heavy atom. The molecule has 0 aliphatic carbocycles. The summed E-state index contributed by atoms with van der Waals surface area (Å²) in [6, 6.07) is 14.7. The number of benzene rings is 3. The van der Waals surface area contributed by atoms with Gasteiger partial charge in [0, 0.05) is 41.4 Å². The molecule has 3 aromatic rings. The number of phenolic OH excluding ortho intramolecular Hbond substituents is 1. The van der Waals surface area contributed by atoms with Crippen molar-refractivity contribution >= 4 is 29.7 Å². The molecule has 3 aromatic carbocycles. The van der Waals surface area contributed by atoms with Gasteiger partial charge < -0.3 is 31.1 Å². The van der Waals surface area contributed by atoms with Crippen LogP contribution in [0, 0.1) is 0 Å². The Morgan fingerprint density at radius 2 is 1.63 bits per heavy atom. The number of ether oxygens (including phenoxy) is 1. The predicted octanol–water partition coefficient (Wildman–Crippen LogP) is 3.55. The molecule has 4 rings (SSSR count). The summed E-state index contributed by atoms with van der Waals surface area (Å²) in [5.41, 5.74) is 7.94. The van der Waals surface area contributed by atoms with Crippen LogP contribution in [0.3, 0.4) is 0 Å². The summed E-state index contributed by atoms with van der Waals surface area (Å²) in [5, 5.41) is 32.3. The molecule has 10 nitrogen and oxygen atoms in total. The van der Waals surface area contributed by atoms with Gasteiger partial charge in [-0.2, -0.15) is 0 Å². The summed E-state index contributed by atoms with van der Waals surface area (Å²) < 4.78 is 6.18. The van der Waals surface area contributed by atoms with Gasteiger partial charge in [-0.1, -0.05) is 30.9 Å². The molecule has 1 amide bonds. The first-order chi connectivity index (χ1) is 19.6. The second-order valence-electron chi connectivity index (χ2n) is 9.12. The number of amides is 1. The Balaban J connectivity index is 1.81. The molecule has 0 fully saturated rings. The minimum atomic E-state index is -1.37. The summed E-state index contributed by atoms with van der Waals surface area (Å²) in [7, 11) is 0. The number of carboxylic acids is 2. The number of carbonyl (C=O) groups excluding carboxylic acids is 2. The quantitative estimate of drug-likeness (QED) is 0.142. The monoisotopic (exact) mass is 554 g/mol. The standard InChI is InChI=1S/C31H26N2O8/c1-17(16-33-29(36)19-6-4-18(15-32)5-7-19)28-24(3-2-12-34)27(23-11-9-21(35)14-26(23)41-28)22-10-8-20(30(37)38)13-25(22)31(39)40/h2-14,28,35H,1,15-16,32H2,(H,33,36)(H,37,38)(H,39,40)/b3-2-. The van der Waals surface area contributed by atoms with E-state index < -0.39 is 18.0 Å². The third kappa shape index (κ3) is 6.07. The topological polar surface area (TPSA) is 176 Å². The zero-order valence-corrected chi connectivity index (χ0v) is 21.7. The molecule has 0 saturated heterocycles. The highest BCUT2D eigenvalue weighted by atomic mass is 16.5. The van der Waals surface area contributed by atoms with Crippen LogP contribution in [0.2, 0.25) is 0 Å². The molecule has 1 heterocycles. The van der Waals surface area contributed by atoms with Crippen LogP contribution in [0.1, 0.15) is 47.8 Å². The van der Waals surface area contributed by atoms with Crippen LogP contribution in [0.25, 0.3) is 5.57 Å². The van der Waals surface area contributed by atoms with E-state index in [-0.39, 0.29) is 40.6 Å².